The Kier molecular flexibility index (Phi) is 2.91. The van der Waals surface area contributed by atoms with Crippen LogP contribution in [0.1, 0.15) is 41.0 Å². The number of rotatable bonds is 3. The predicted molar refractivity (Wildman–Crippen MR) is 65.5 cm³/mol. The molecule has 90 valence electrons. The molecular formula is C13H23BO2. The molecule has 0 spiro atoms. The Morgan fingerprint density at radius 2 is 1.94 bits per heavy atom. The van der Waals surface area contributed by atoms with E-state index in [1.807, 2.05) is 0 Å². The first-order valence-corrected chi connectivity index (χ1v) is 6.38. The molecule has 2 nitrogen and oxygen atoms in total. The average molecular weight is 222 g/mol. The van der Waals surface area contributed by atoms with Crippen LogP contribution in [0.4, 0.5) is 0 Å². The highest BCUT2D eigenvalue weighted by Crippen LogP contribution is 2.59. The molecule has 2 fully saturated rings. The third-order valence-electron chi connectivity index (χ3n) is 4.67. The zero-order chi connectivity index (χ0) is 12.1. The van der Waals surface area contributed by atoms with E-state index < -0.39 is 0 Å². The van der Waals surface area contributed by atoms with Crippen molar-refractivity contribution in [2.45, 2.75) is 58.7 Å². The van der Waals surface area contributed by atoms with Crippen LogP contribution in [0, 0.1) is 17.3 Å². The molecule has 3 heteroatoms. The highest BCUT2D eigenvalue weighted by molar-refractivity contribution is 6.11. The molecule has 0 unspecified atom stereocenters. The second-order valence-corrected chi connectivity index (χ2v) is 6.34. The monoisotopic (exact) mass is 222 g/mol. The molecule has 2 aliphatic heterocycles. The van der Waals surface area contributed by atoms with Gasteiger partial charge in [-0.05, 0) is 18.3 Å². The second-order valence-electron chi connectivity index (χ2n) is 6.34. The normalized spacial score (nSPS) is 47.2. The summed E-state index contributed by atoms with van der Waals surface area (Å²) in [6, 6.07) is -0.250. The van der Waals surface area contributed by atoms with Crippen LogP contribution >= 0.6 is 0 Å². The summed E-state index contributed by atoms with van der Waals surface area (Å²) in [5.74, 6) is 1.12. The molecule has 0 aromatic carbocycles. The average Bonchev–Trinajstić information content (AvgIpc) is 2.50. The molecule has 0 aromatic rings. The van der Waals surface area contributed by atoms with E-state index in [0.717, 1.165) is 6.42 Å². The standard InChI is InChI=1S/C13H23BO2/c1-8(2)6-13-7-15-10(11(14)16-13)12(13,5)9(3)4/h8-11H,6-7H2,1-5H3/t10-,11-,12-,13-/m1/s1. The van der Waals surface area contributed by atoms with Crippen LogP contribution in [0.2, 0.25) is 0 Å². The van der Waals surface area contributed by atoms with Crippen LogP contribution in [0.25, 0.3) is 0 Å². The van der Waals surface area contributed by atoms with Gasteiger partial charge in [-0.25, -0.2) is 0 Å². The largest absolute Gasteiger partial charge is 0.376 e. The van der Waals surface area contributed by atoms with E-state index in [2.05, 4.69) is 34.6 Å². The lowest BCUT2D eigenvalue weighted by molar-refractivity contribution is -0.128. The van der Waals surface area contributed by atoms with Gasteiger partial charge in [0.1, 0.15) is 7.85 Å². The van der Waals surface area contributed by atoms with E-state index in [-0.39, 0.29) is 23.1 Å². The summed E-state index contributed by atoms with van der Waals surface area (Å²) >= 11 is 0. The SMILES string of the molecule is [B][C@@H]1O[C@]2(CC(C)C)CO[C@H]1[C@@]2(C)C(C)C. The van der Waals surface area contributed by atoms with E-state index in [0.29, 0.717) is 18.4 Å². The quantitative estimate of drug-likeness (QED) is 0.682. The third-order valence-corrected chi connectivity index (χ3v) is 4.67. The Labute approximate surface area is 100 Å². The molecule has 2 aliphatic rings. The van der Waals surface area contributed by atoms with Crippen molar-refractivity contribution in [3.63, 3.8) is 0 Å². The fraction of sp³-hybridized carbons (Fsp3) is 1.00. The first-order valence-electron chi connectivity index (χ1n) is 6.38. The van der Waals surface area contributed by atoms with Gasteiger partial charge in [-0.1, -0.05) is 34.6 Å². The number of hydrogen-bond acceptors (Lipinski definition) is 2. The molecule has 2 heterocycles. The minimum absolute atomic E-state index is 0.0523. The van der Waals surface area contributed by atoms with Gasteiger partial charge in [0.05, 0.1) is 18.3 Å². The molecule has 0 aliphatic carbocycles. The first kappa shape index (κ1) is 12.4. The third kappa shape index (κ3) is 1.40. The number of fused-ring (bicyclic) bond motifs is 2. The summed E-state index contributed by atoms with van der Waals surface area (Å²) in [5, 5.41) is 0. The molecule has 0 saturated carbocycles. The van der Waals surface area contributed by atoms with Gasteiger partial charge >= 0.3 is 0 Å². The Morgan fingerprint density at radius 3 is 2.38 bits per heavy atom. The molecule has 2 bridgehead atoms. The maximum Gasteiger partial charge on any atom is 0.112 e. The molecule has 2 saturated heterocycles. The van der Waals surface area contributed by atoms with Gasteiger partial charge in [-0.2, -0.15) is 0 Å². The summed E-state index contributed by atoms with van der Waals surface area (Å²) in [4.78, 5) is 0. The lowest BCUT2D eigenvalue weighted by Gasteiger charge is -2.41. The van der Waals surface area contributed by atoms with E-state index in [1.54, 1.807) is 0 Å². The Bertz CT molecular complexity index is 279. The van der Waals surface area contributed by atoms with Gasteiger partial charge in [0.25, 0.3) is 0 Å². The topological polar surface area (TPSA) is 18.5 Å². The van der Waals surface area contributed by atoms with E-state index in [4.69, 9.17) is 17.3 Å². The van der Waals surface area contributed by atoms with Crippen molar-refractivity contribution in [2.75, 3.05) is 6.61 Å². The van der Waals surface area contributed by atoms with E-state index in [9.17, 15) is 0 Å². The highest BCUT2D eigenvalue weighted by Gasteiger charge is 2.67. The summed E-state index contributed by atoms with van der Waals surface area (Å²) in [7, 11) is 6.05. The molecule has 0 amide bonds. The van der Waals surface area contributed by atoms with Gasteiger partial charge in [0.2, 0.25) is 0 Å². The van der Waals surface area contributed by atoms with E-state index >= 15 is 0 Å². The number of ether oxygens (including phenoxy) is 2. The molecular weight excluding hydrogens is 199 g/mol. The lowest BCUT2D eigenvalue weighted by atomic mass is 9.62. The molecule has 16 heavy (non-hydrogen) atoms. The van der Waals surface area contributed by atoms with Crippen LogP contribution < -0.4 is 0 Å². The maximum absolute atomic E-state index is 6.09. The summed E-state index contributed by atoms with van der Waals surface area (Å²) < 4.78 is 12.0. The first-order chi connectivity index (χ1) is 7.33. The summed E-state index contributed by atoms with van der Waals surface area (Å²) in [6.45, 7) is 11.9. The molecule has 4 atom stereocenters. The Morgan fingerprint density at radius 1 is 1.31 bits per heavy atom. The minimum Gasteiger partial charge on any atom is -0.376 e. The van der Waals surface area contributed by atoms with Crippen molar-refractivity contribution >= 4 is 7.85 Å². The van der Waals surface area contributed by atoms with Crippen molar-refractivity contribution in [3.8, 4) is 0 Å². The van der Waals surface area contributed by atoms with Gasteiger partial charge < -0.3 is 9.47 Å². The summed E-state index contributed by atoms with van der Waals surface area (Å²) in [6.07, 6.45) is 1.09. The van der Waals surface area contributed by atoms with Crippen molar-refractivity contribution < 1.29 is 9.47 Å². The van der Waals surface area contributed by atoms with Crippen LogP contribution in [0.5, 0.6) is 0 Å². The molecule has 0 aromatic heterocycles. The Balaban J connectivity index is 2.35. The molecule has 2 radical (unpaired) electrons. The minimum atomic E-state index is -0.250. The summed E-state index contributed by atoms with van der Waals surface area (Å²) in [5.41, 5.74) is -0.115. The van der Waals surface area contributed by atoms with Crippen molar-refractivity contribution in [1.82, 2.24) is 0 Å². The van der Waals surface area contributed by atoms with Gasteiger partial charge in [0, 0.05) is 11.4 Å². The molecule has 2 rings (SSSR count). The smallest absolute Gasteiger partial charge is 0.112 e. The van der Waals surface area contributed by atoms with Crippen molar-refractivity contribution in [3.05, 3.63) is 0 Å². The van der Waals surface area contributed by atoms with Crippen molar-refractivity contribution in [1.29, 1.82) is 0 Å². The Hall–Kier alpha value is -0.0151. The number of hydrogen-bond donors (Lipinski definition) is 0. The molecule has 0 N–H and O–H groups in total. The van der Waals surface area contributed by atoms with Crippen LogP contribution in [0.3, 0.4) is 0 Å². The second kappa shape index (κ2) is 3.74. The van der Waals surface area contributed by atoms with Gasteiger partial charge in [-0.3, -0.25) is 0 Å². The predicted octanol–water partition coefficient (Wildman–Crippen LogP) is 2.36. The highest BCUT2D eigenvalue weighted by atomic mass is 16.6. The van der Waals surface area contributed by atoms with Crippen LogP contribution in [-0.4, -0.2) is 32.2 Å². The van der Waals surface area contributed by atoms with E-state index in [1.165, 1.54) is 0 Å². The fourth-order valence-electron chi connectivity index (χ4n) is 3.57. The van der Waals surface area contributed by atoms with Crippen LogP contribution in [0.15, 0.2) is 0 Å². The lowest BCUT2D eigenvalue weighted by Crippen LogP contribution is -2.48. The van der Waals surface area contributed by atoms with Gasteiger partial charge in [0.15, 0.2) is 0 Å². The van der Waals surface area contributed by atoms with Gasteiger partial charge in [-0.15, -0.1) is 0 Å². The maximum atomic E-state index is 6.09. The fourth-order valence-corrected chi connectivity index (χ4v) is 3.57. The zero-order valence-corrected chi connectivity index (χ0v) is 11.1. The van der Waals surface area contributed by atoms with Crippen molar-refractivity contribution in [2.24, 2.45) is 17.3 Å². The zero-order valence-electron chi connectivity index (χ0n) is 11.1. The van der Waals surface area contributed by atoms with Crippen LogP contribution in [-0.2, 0) is 9.47 Å².